The zero-order chi connectivity index (χ0) is 17.6. The normalized spacial score (nSPS) is 14.5. The lowest BCUT2D eigenvalue weighted by Crippen LogP contribution is -2.30. The SMILES string of the molecule is CC(C)(C)C=CC(=O)NCc1cccc(OCC(=O)NC2CC2)c1. The largest absolute Gasteiger partial charge is 0.484 e. The van der Waals surface area contributed by atoms with Crippen LogP contribution in [0.1, 0.15) is 39.2 Å². The number of benzene rings is 1. The summed E-state index contributed by atoms with van der Waals surface area (Å²) in [6, 6.07) is 7.72. The molecule has 0 radical (unpaired) electrons. The minimum absolute atomic E-state index is 0.0145. The van der Waals surface area contributed by atoms with Gasteiger partial charge in [-0.1, -0.05) is 39.0 Å². The number of allylic oxidation sites excluding steroid dienone is 1. The molecule has 0 atom stereocenters. The summed E-state index contributed by atoms with van der Waals surface area (Å²) < 4.78 is 5.50. The van der Waals surface area contributed by atoms with Crippen molar-refractivity contribution in [2.45, 2.75) is 46.2 Å². The summed E-state index contributed by atoms with van der Waals surface area (Å²) in [5, 5.41) is 5.71. The molecule has 2 N–H and O–H groups in total. The fourth-order valence-corrected chi connectivity index (χ4v) is 1.96. The summed E-state index contributed by atoms with van der Waals surface area (Å²) >= 11 is 0. The van der Waals surface area contributed by atoms with E-state index < -0.39 is 0 Å². The first kappa shape index (κ1) is 18.0. The van der Waals surface area contributed by atoms with Crippen molar-refractivity contribution in [2.75, 3.05) is 6.61 Å². The van der Waals surface area contributed by atoms with Gasteiger partial charge in [0.2, 0.25) is 5.91 Å². The quantitative estimate of drug-likeness (QED) is 0.755. The monoisotopic (exact) mass is 330 g/mol. The predicted molar refractivity (Wildman–Crippen MR) is 93.5 cm³/mol. The second-order valence-corrected chi connectivity index (χ2v) is 7.20. The van der Waals surface area contributed by atoms with E-state index in [-0.39, 0.29) is 23.8 Å². The highest BCUT2D eigenvalue weighted by Gasteiger charge is 2.23. The van der Waals surface area contributed by atoms with Gasteiger partial charge in [-0.2, -0.15) is 0 Å². The Morgan fingerprint density at radius 1 is 1.29 bits per heavy atom. The second kappa shape index (κ2) is 7.99. The number of hydrogen-bond donors (Lipinski definition) is 2. The van der Waals surface area contributed by atoms with Gasteiger partial charge in [0, 0.05) is 12.6 Å². The molecule has 5 nitrogen and oxygen atoms in total. The molecule has 24 heavy (non-hydrogen) atoms. The molecule has 1 aromatic rings. The van der Waals surface area contributed by atoms with Gasteiger partial charge in [-0.25, -0.2) is 0 Å². The first-order valence-electron chi connectivity index (χ1n) is 8.30. The van der Waals surface area contributed by atoms with Crippen molar-refractivity contribution in [3.05, 3.63) is 42.0 Å². The number of ether oxygens (including phenoxy) is 1. The van der Waals surface area contributed by atoms with E-state index in [0.29, 0.717) is 18.3 Å². The fraction of sp³-hybridized carbons (Fsp3) is 0.474. The van der Waals surface area contributed by atoms with Gasteiger partial charge < -0.3 is 15.4 Å². The van der Waals surface area contributed by atoms with Gasteiger partial charge >= 0.3 is 0 Å². The van der Waals surface area contributed by atoms with Crippen molar-refractivity contribution in [1.82, 2.24) is 10.6 Å². The van der Waals surface area contributed by atoms with Crippen LogP contribution in [0, 0.1) is 5.41 Å². The smallest absolute Gasteiger partial charge is 0.258 e. The average Bonchev–Trinajstić information content (AvgIpc) is 3.32. The van der Waals surface area contributed by atoms with Crippen LogP contribution in [0.3, 0.4) is 0 Å². The second-order valence-electron chi connectivity index (χ2n) is 7.20. The third-order valence-electron chi connectivity index (χ3n) is 3.41. The maximum absolute atomic E-state index is 11.8. The van der Waals surface area contributed by atoms with Crippen LogP contribution in [0.4, 0.5) is 0 Å². The van der Waals surface area contributed by atoms with Crippen LogP contribution in [0.25, 0.3) is 0 Å². The molecule has 2 amide bonds. The van der Waals surface area contributed by atoms with Gasteiger partial charge in [0.05, 0.1) is 0 Å². The molecule has 0 heterocycles. The number of nitrogens with one attached hydrogen (secondary N) is 2. The van der Waals surface area contributed by atoms with E-state index in [1.54, 1.807) is 12.1 Å². The van der Waals surface area contributed by atoms with Crippen molar-refractivity contribution >= 4 is 11.8 Å². The van der Waals surface area contributed by atoms with Gasteiger partial charge in [-0.3, -0.25) is 9.59 Å². The van der Waals surface area contributed by atoms with E-state index in [1.807, 2.05) is 45.0 Å². The lowest BCUT2D eigenvalue weighted by atomic mass is 9.96. The molecule has 0 aromatic heterocycles. The summed E-state index contributed by atoms with van der Waals surface area (Å²) in [5.74, 6) is 0.404. The van der Waals surface area contributed by atoms with E-state index in [0.717, 1.165) is 18.4 Å². The first-order valence-corrected chi connectivity index (χ1v) is 8.30. The molecule has 130 valence electrons. The summed E-state index contributed by atoms with van der Waals surface area (Å²) in [7, 11) is 0. The van der Waals surface area contributed by atoms with Gasteiger partial charge in [0.15, 0.2) is 6.61 Å². The third-order valence-corrected chi connectivity index (χ3v) is 3.41. The molecule has 0 saturated heterocycles. The van der Waals surface area contributed by atoms with Crippen LogP contribution >= 0.6 is 0 Å². The minimum Gasteiger partial charge on any atom is -0.484 e. The van der Waals surface area contributed by atoms with Crippen molar-refractivity contribution in [1.29, 1.82) is 0 Å². The molecule has 0 aliphatic heterocycles. The van der Waals surface area contributed by atoms with Crippen molar-refractivity contribution in [3.8, 4) is 5.75 Å². The molecule has 1 aliphatic rings. The van der Waals surface area contributed by atoms with Crippen LogP contribution in [0.2, 0.25) is 0 Å². The molecule has 1 aromatic carbocycles. The van der Waals surface area contributed by atoms with E-state index in [1.165, 1.54) is 0 Å². The Labute approximate surface area is 143 Å². The topological polar surface area (TPSA) is 67.4 Å². The van der Waals surface area contributed by atoms with Crippen LogP contribution in [0.5, 0.6) is 5.75 Å². The van der Waals surface area contributed by atoms with Gasteiger partial charge in [-0.05, 0) is 42.0 Å². The zero-order valence-electron chi connectivity index (χ0n) is 14.6. The van der Waals surface area contributed by atoms with Crippen molar-refractivity contribution in [3.63, 3.8) is 0 Å². The average molecular weight is 330 g/mol. The number of carbonyl (C=O) groups excluding carboxylic acids is 2. The van der Waals surface area contributed by atoms with Gasteiger partial charge in [0.25, 0.3) is 5.91 Å². The summed E-state index contributed by atoms with van der Waals surface area (Å²) in [6.45, 7) is 6.55. The van der Waals surface area contributed by atoms with E-state index in [4.69, 9.17) is 4.74 Å². The third kappa shape index (κ3) is 7.31. The highest BCUT2D eigenvalue weighted by molar-refractivity contribution is 5.87. The Bertz CT molecular complexity index is 613. The van der Waals surface area contributed by atoms with Crippen molar-refractivity contribution < 1.29 is 14.3 Å². The standard InChI is InChI=1S/C19H26N2O3/c1-19(2,3)10-9-17(22)20-12-14-5-4-6-16(11-14)24-13-18(23)21-15-7-8-15/h4-6,9-11,15H,7-8,12-13H2,1-3H3,(H,20,22)(H,21,23). The minimum atomic E-state index is -0.125. The molecule has 2 rings (SSSR count). The van der Waals surface area contributed by atoms with Gasteiger partial charge in [-0.15, -0.1) is 0 Å². The first-order chi connectivity index (χ1) is 11.3. The fourth-order valence-electron chi connectivity index (χ4n) is 1.96. The number of carbonyl (C=O) groups is 2. The molecular formula is C19H26N2O3. The summed E-state index contributed by atoms with van der Waals surface area (Å²) in [5.41, 5.74) is 0.902. The van der Waals surface area contributed by atoms with E-state index in [9.17, 15) is 9.59 Å². The molecule has 0 unspecified atom stereocenters. The lowest BCUT2D eigenvalue weighted by molar-refractivity contribution is -0.123. The van der Waals surface area contributed by atoms with Gasteiger partial charge in [0.1, 0.15) is 5.75 Å². The number of rotatable bonds is 7. The van der Waals surface area contributed by atoms with E-state index in [2.05, 4.69) is 10.6 Å². The zero-order valence-corrected chi connectivity index (χ0v) is 14.6. The van der Waals surface area contributed by atoms with E-state index >= 15 is 0 Å². The molecule has 1 saturated carbocycles. The maximum Gasteiger partial charge on any atom is 0.258 e. The Morgan fingerprint density at radius 3 is 2.71 bits per heavy atom. The molecule has 0 bridgehead atoms. The van der Waals surface area contributed by atoms with Crippen molar-refractivity contribution in [2.24, 2.45) is 5.41 Å². The molecule has 5 heteroatoms. The lowest BCUT2D eigenvalue weighted by Gasteiger charge is -2.11. The molecular weight excluding hydrogens is 304 g/mol. The Balaban J connectivity index is 1.78. The van der Waals surface area contributed by atoms with Crippen LogP contribution in [0.15, 0.2) is 36.4 Å². The highest BCUT2D eigenvalue weighted by atomic mass is 16.5. The summed E-state index contributed by atoms with van der Waals surface area (Å²) in [6.07, 6.45) is 5.55. The van der Waals surface area contributed by atoms with Crippen LogP contribution in [-0.4, -0.2) is 24.5 Å². The molecule has 0 spiro atoms. The molecule has 1 aliphatic carbocycles. The Morgan fingerprint density at radius 2 is 2.04 bits per heavy atom. The molecule has 1 fully saturated rings. The Kier molecular flexibility index (Phi) is 6.01. The highest BCUT2D eigenvalue weighted by Crippen LogP contribution is 2.18. The number of hydrogen-bond acceptors (Lipinski definition) is 3. The van der Waals surface area contributed by atoms with Crippen LogP contribution in [-0.2, 0) is 16.1 Å². The number of amides is 2. The predicted octanol–water partition coefficient (Wildman–Crippen LogP) is 2.56. The van der Waals surface area contributed by atoms with Crippen LogP contribution < -0.4 is 15.4 Å². The Hall–Kier alpha value is -2.30. The maximum atomic E-state index is 11.8. The summed E-state index contributed by atoms with van der Waals surface area (Å²) in [4.78, 5) is 23.4.